The molecule has 3 heteroatoms. The van der Waals surface area contributed by atoms with Crippen LogP contribution in [0.1, 0.15) is 50.7 Å². The van der Waals surface area contributed by atoms with Crippen LogP contribution in [0.3, 0.4) is 0 Å². The van der Waals surface area contributed by atoms with Crippen LogP contribution in [-0.4, -0.2) is 0 Å². The number of hydrogen-bond donors (Lipinski definition) is 0. The van der Waals surface area contributed by atoms with Crippen molar-refractivity contribution >= 4 is 6.08 Å². The van der Waals surface area contributed by atoms with Crippen molar-refractivity contribution < 1.29 is 49.5 Å². The van der Waals surface area contributed by atoms with Crippen molar-refractivity contribution in [1.82, 2.24) is 0 Å². The van der Waals surface area contributed by atoms with E-state index >= 15 is 0 Å². The van der Waals surface area contributed by atoms with Gasteiger partial charge in [0.25, 0.3) is 0 Å². The van der Waals surface area contributed by atoms with Gasteiger partial charge in [-0.15, -0.1) is 0 Å². The van der Waals surface area contributed by atoms with Crippen molar-refractivity contribution in [3.8, 4) is 0 Å². The van der Waals surface area contributed by atoms with Crippen molar-refractivity contribution in [2.45, 2.75) is 39.5 Å². The fraction of sp³-hybridized carbons (Fsp3) is 0.300. The van der Waals surface area contributed by atoms with Gasteiger partial charge < -0.3 is 24.8 Å². The van der Waals surface area contributed by atoms with Crippen LogP contribution in [0.15, 0.2) is 62.0 Å². The quantitative estimate of drug-likeness (QED) is 0.626. The normalized spacial score (nSPS) is 18.4. The van der Waals surface area contributed by atoms with E-state index < -0.39 is 0 Å². The molecule has 0 aliphatic heterocycles. The van der Waals surface area contributed by atoms with Crippen LogP contribution >= 0.6 is 0 Å². The molecule has 3 rings (SSSR count). The second-order valence-corrected chi connectivity index (χ2v) is 7.32. The van der Waals surface area contributed by atoms with Crippen molar-refractivity contribution in [1.29, 1.82) is 0 Å². The molecule has 0 saturated carbocycles. The smallest absolute Gasteiger partial charge is 1.00 e. The first-order valence-electron chi connectivity index (χ1n) is 7.75. The third kappa shape index (κ3) is 3.84. The van der Waals surface area contributed by atoms with Crippen molar-refractivity contribution in [3.63, 3.8) is 0 Å². The predicted octanol–water partition coefficient (Wildman–Crippen LogP) is -0.318. The monoisotopic (exact) mass is 421 g/mol. The van der Waals surface area contributed by atoms with E-state index in [0.29, 0.717) is 5.92 Å². The van der Waals surface area contributed by atoms with Crippen molar-refractivity contribution in [3.05, 3.63) is 73.1 Å². The van der Waals surface area contributed by atoms with Gasteiger partial charge in [-0.25, -0.2) is 0 Å². The Bertz CT molecular complexity index is 704. The number of fused-ring (bicyclic) bond motifs is 1. The largest absolute Gasteiger partial charge is 1.00 e. The van der Waals surface area contributed by atoms with Gasteiger partial charge in [-0.3, -0.25) is 0 Å². The second kappa shape index (κ2) is 8.66. The molecule has 0 nitrogen and oxygen atoms in total. The molecule has 2 aliphatic rings. The second-order valence-electron chi connectivity index (χ2n) is 6.09. The van der Waals surface area contributed by atoms with Crippen LogP contribution in [-0.2, 0) is 24.7 Å². The molecule has 0 spiro atoms. The fourth-order valence-electron chi connectivity index (χ4n) is 3.36. The molecule has 119 valence electrons. The number of benzene rings is 1. The maximum atomic E-state index is 2.45. The number of hydrogen-bond acceptors (Lipinski definition) is 0. The van der Waals surface area contributed by atoms with E-state index in [2.05, 4.69) is 63.3 Å². The summed E-state index contributed by atoms with van der Waals surface area (Å²) in [4.78, 5) is 0. The Hall–Kier alpha value is -0.357. The molecule has 0 heterocycles. The molecule has 1 aromatic carbocycles. The Balaban J connectivity index is 0.00000132. The van der Waals surface area contributed by atoms with Gasteiger partial charge in [0.1, 0.15) is 0 Å². The Morgan fingerprint density at radius 2 is 1.83 bits per heavy atom. The molecule has 2 aliphatic carbocycles. The standard InChI is InChI=1S/C20H21.2ClH.Zr/c1-4-7-16-12-17(14(2)3)13-20(16)19-11-10-15-8-5-6-9-18(15)19;;;/h5-6,8-12,19H,4,7H2,1-3H3;2*1H;/q;;;+2/p-2. The van der Waals surface area contributed by atoms with E-state index in [1.165, 1.54) is 59.8 Å². The minimum absolute atomic E-state index is 0. The molecule has 1 unspecified atom stereocenters. The summed E-state index contributed by atoms with van der Waals surface area (Å²) in [5.74, 6) is 0.463. The summed E-state index contributed by atoms with van der Waals surface area (Å²) in [7, 11) is 0. The molecule has 0 radical (unpaired) electrons. The zero-order valence-electron chi connectivity index (χ0n) is 13.8. The minimum Gasteiger partial charge on any atom is -1.00 e. The van der Waals surface area contributed by atoms with E-state index in [9.17, 15) is 0 Å². The zero-order valence-corrected chi connectivity index (χ0v) is 17.8. The molecule has 0 amide bonds. The summed E-state index contributed by atoms with van der Waals surface area (Å²) in [5.41, 5.74) is 8.95. The van der Waals surface area contributed by atoms with Gasteiger partial charge >= 0.3 is 143 Å². The Labute approximate surface area is 167 Å². The third-order valence-electron chi connectivity index (χ3n) is 4.37. The van der Waals surface area contributed by atoms with Gasteiger partial charge in [0.15, 0.2) is 0 Å². The SMILES string of the molecule is CCCC1=CC(=C(C)C)[C]([Zr+2])=C1C1C=Cc2ccccc21.[Cl-].[Cl-]. The molecule has 0 saturated heterocycles. The number of allylic oxidation sites excluding steroid dienone is 7. The molecule has 0 N–H and O–H groups in total. The molecule has 0 bridgehead atoms. The summed E-state index contributed by atoms with van der Waals surface area (Å²) in [6.45, 7) is 6.75. The maximum Gasteiger partial charge on any atom is -1.00 e. The first-order valence-corrected chi connectivity index (χ1v) is 8.98. The van der Waals surface area contributed by atoms with Gasteiger partial charge in [-0.1, -0.05) is 0 Å². The van der Waals surface area contributed by atoms with Gasteiger partial charge in [-0.2, -0.15) is 0 Å². The van der Waals surface area contributed by atoms with Crippen LogP contribution in [0.4, 0.5) is 0 Å². The van der Waals surface area contributed by atoms with E-state index in [4.69, 9.17) is 0 Å². The third-order valence-corrected chi connectivity index (χ3v) is 5.70. The molecule has 23 heavy (non-hydrogen) atoms. The molecule has 0 aromatic heterocycles. The summed E-state index contributed by atoms with van der Waals surface area (Å²) < 4.78 is 1.57. The van der Waals surface area contributed by atoms with E-state index in [1.807, 2.05) is 0 Å². The summed E-state index contributed by atoms with van der Waals surface area (Å²) in [6.07, 6.45) is 9.54. The number of rotatable bonds is 3. The Morgan fingerprint density at radius 3 is 2.48 bits per heavy atom. The average Bonchev–Trinajstić information content (AvgIpc) is 3.01. The van der Waals surface area contributed by atoms with Gasteiger partial charge in [0, 0.05) is 0 Å². The van der Waals surface area contributed by atoms with Gasteiger partial charge in [0.2, 0.25) is 0 Å². The summed E-state index contributed by atoms with van der Waals surface area (Å²) >= 11 is 1.54. The minimum atomic E-state index is 0. The molecule has 0 fully saturated rings. The molecular weight excluding hydrogens is 402 g/mol. The predicted molar refractivity (Wildman–Crippen MR) is 86.6 cm³/mol. The Kier molecular flexibility index (Phi) is 7.79. The van der Waals surface area contributed by atoms with Gasteiger partial charge in [0.05, 0.1) is 0 Å². The van der Waals surface area contributed by atoms with Crippen LogP contribution in [0.2, 0.25) is 0 Å². The van der Waals surface area contributed by atoms with Crippen molar-refractivity contribution in [2.24, 2.45) is 0 Å². The van der Waals surface area contributed by atoms with E-state index in [-0.39, 0.29) is 24.8 Å². The van der Waals surface area contributed by atoms with Crippen LogP contribution in [0.5, 0.6) is 0 Å². The van der Waals surface area contributed by atoms with Crippen LogP contribution in [0.25, 0.3) is 6.08 Å². The van der Waals surface area contributed by atoms with Crippen LogP contribution < -0.4 is 24.8 Å². The average molecular weight is 424 g/mol. The molecule has 1 atom stereocenters. The fourth-order valence-corrected chi connectivity index (χ4v) is 4.93. The summed E-state index contributed by atoms with van der Waals surface area (Å²) in [5, 5.41) is 0. The van der Waals surface area contributed by atoms with Crippen LogP contribution in [0, 0.1) is 0 Å². The van der Waals surface area contributed by atoms with E-state index in [1.54, 1.807) is 14.4 Å². The maximum absolute atomic E-state index is 2.45. The first kappa shape index (κ1) is 20.7. The first-order chi connectivity index (χ1) is 10.1. The summed E-state index contributed by atoms with van der Waals surface area (Å²) in [6, 6.07) is 8.83. The zero-order chi connectivity index (χ0) is 15.0. The van der Waals surface area contributed by atoms with Gasteiger partial charge in [-0.05, 0) is 0 Å². The van der Waals surface area contributed by atoms with E-state index in [0.717, 1.165) is 0 Å². The van der Waals surface area contributed by atoms with Crippen molar-refractivity contribution in [2.75, 3.05) is 0 Å². The number of halogens is 2. The Morgan fingerprint density at radius 1 is 1.13 bits per heavy atom. The molecular formula is C20H21Cl2Zr. The molecule has 1 aromatic rings. The topological polar surface area (TPSA) is 0 Å².